The van der Waals surface area contributed by atoms with Crippen LogP contribution in [0.25, 0.3) is 24.3 Å². The minimum atomic E-state index is -0.215. The SMILES string of the molecule is Fc1cccc(C=Cc2ccccc2)c1C=Cc1ccccc1. The zero-order chi connectivity index (χ0) is 15.9. The molecule has 0 saturated carbocycles. The minimum Gasteiger partial charge on any atom is -0.206 e. The van der Waals surface area contributed by atoms with Gasteiger partial charge >= 0.3 is 0 Å². The molecule has 0 aromatic heterocycles. The maximum absolute atomic E-state index is 14.2. The van der Waals surface area contributed by atoms with Crippen LogP contribution in [0.2, 0.25) is 0 Å². The Bertz CT molecular complexity index is 815. The smallest absolute Gasteiger partial charge is 0.131 e. The Morgan fingerprint density at radius 3 is 1.70 bits per heavy atom. The molecule has 0 bridgehead atoms. The molecular formula is C22H17F. The predicted molar refractivity (Wildman–Crippen MR) is 97.1 cm³/mol. The van der Waals surface area contributed by atoms with E-state index in [1.165, 1.54) is 6.07 Å². The Morgan fingerprint density at radius 2 is 1.09 bits per heavy atom. The largest absolute Gasteiger partial charge is 0.206 e. The first-order valence-corrected chi connectivity index (χ1v) is 7.58. The zero-order valence-electron chi connectivity index (χ0n) is 12.7. The van der Waals surface area contributed by atoms with Gasteiger partial charge in [0.25, 0.3) is 0 Å². The molecule has 0 aliphatic heterocycles. The van der Waals surface area contributed by atoms with E-state index in [0.717, 1.165) is 16.7 Å². The zero-order valence-corrected chi connectivity index (χ0v) is 12.7. The first-order valence-electron chi connectivity index (χ1n) is 7.58. The summed E-state index contributed by atoms with van der Waals surface area (Å²) in [6.07, 6.45) is 7.70. The van der Waals surface area contributed by atoms with Crippen LogP contribution in [0, 0.1) is 5.82 Å². The van der Waals surface area contributed by atoms with E-state index in [1.807, 2.05) is 91.0 Å². The molecule has 0 unspecified atom stereocenters. The standard InChI is InChI=1S/C22H17F/c23-22-13-7-12-20(16-14-18-8-3-1-4-9-18)21(22)17-15-19-10-5-2-6-11-19/h1-17H. The van der Waals surface area contributed by atoms with E-state index in [-0.39, 0.29) is 5.82 Å². The molecule has 0 aliphatic carbocycles. The molecule has 0 spiro atoms. The van der Waals surface area contributed by atoms with Gasteiger partial charge in [-0.3, -0.25) is 0 Å². The van der Waals surface area contributed by atoms with Crippen molar-refractivity contribution in [2.24, 2.45) is 0 Å². The van der Waals surface area contributed by atoms with E-state index in [2.05, 4.69) is 0 Å². The number of benzene rings is 3. The fourth-order valence-electron chi connectivity index (χ4n) is 2.37. The molecule has 3 aromatic rings. The second kappa shape index (κ2) is 7.37. The van der Waals surface area contributed by atoms with Gasteiger partial charge in [-0.15, -0.1) is 0 Å². The predicted octanol–water partition coefficient (Wildman–Crippen LogP) is 6.17. The van der Waals surface area contributed by atoms with Gasteiger partial charge in [0.05, 0.1) is 0 Å². The summed E-state index contributed by atoms with van der Waals surface area (Å²) in [5, 5.41) is 0. The molecule has 1 heteroatoms. The van der Waals surface area contributed by atoms with Crippen molar-refractivity contribution in [1.82, 2.24) is 0 Å². The minimum absolute atomic E-state index is 0.215. The number of hydrogen-bond donors (Lipinski definition) is 0. The summed E-state index contributed by atoms with van der Waals surface area (Å²) in [4.78, 5) is 0. The lowest BCUT2D eigenvalue weighted by Crippen LogP contribution is -1.86. The third kappa shape index (κ3) is 4.04. The molecule has 0 fully saturated rings. The highest BCUT2D eigenvalue weighted by Gasteiger charge is 2.02. The summed E-state index contributed by atoms with van der Waals surface area (Å²) in [7, 11) is 0. The quantitative estimate of drug-likeness (QED) is 0.506. The van der Waals surface area contributed by atoms with Gasteiger partial charge in [-0.25, -0.2) is 4.39 Å². The Balaban J connectivity index is 1.91. The lowest BCUT2D eigenvalue weighted by Gasteiger charge is -2.03. The van der Waals surface area contributed by atoms with Gasteiger partial charge < -0.3 is 0 Å². The van der Waals surface area contributed by atoms with Gasteiger partial charge in [0.2, 0.25) is 0 Å². The number of halogens is 1. The molecule has 0 heterocycles. The Labute approximate surface area is 136 Å². The maximum atomic E-state index is 14.2. The first-order chi connectivity index (χ1) is 11.3. The molecule has 0 amide bonds. The maximum Gasteiger partial charge on any atom is 0.131 e. The van der Waals surface area contributed by atoms with Crippen molar-refractivity contribution in [3.8, 4) is 0 Å². The molecule has 0 radical (unpaired) electrons. The van der Waals surface area contributed by atoms with Gasteiger partial charge in [-0.05, 0) is 22.8 Å². The van der Waals surface area contributed by atoms with Crippen LogP contribution in [0.3, 0.4) is 0 Å². The van der Waals surface area contributed by atoms with Gasteiger partial charge in [-0.2, -0.15) is 0 Å². The van der Waals surface area contributed by atoms with Crippen molar-refractivity contribution < 1.29 is 4.39 Å². The van der Waals surface area contributed by atoms with Gasteiger partial charge in [0, 0.05) is 5.56 Å². The first kappa shape index (κ1) is 15.0. The number of hydrogen-bond acceptors (Lipinski definition) is 0. The summed E-state index contributed by atoms with van der Waals surface area (Å²) in [5.41, 5.74) is 3.60. The summed E-state index contributed by atoms with van der Waals surface area (Å²) in [6, 6.07) is 25.1. The third-order valence-corrected chi connectivity index (χ3v) is 3.58. The highest BCUT2D eigenvalue weighted by atomic mass is 19.1. The van der Waals surface area contributed by atoms with Crippen molar-refractivity contribution in [1.29, 1.82) is 0 Å². The molecular weight excluding hydrogens is 283 g/mol. The van der Waals surface area contributed by atoms with Crippen molar-refractivity contribution in [2.45, 2.75) is 0 Å². The van der Waals surface area contributed by atoms with Crippen molar-refractivity contribution in [3.05, 3.63) is 107 Å². The van der Waals surface area contributed by atoms with Crippen LogP contribution in [0.15, 0.2) is 78.9 Å². The highest BCUT2D eigenvalue weighted by Crippen LogP contribution is 2.19. The van der Waals surface area contributed by atoms with E-state index in [0.29, 0.717) is 5.56 Å². The van der Waals surface area contributed by atoms with Crippen LogP contribution < -0.4 is 0 Å². The molecule has 23 heavy (non-hydrogen) atoms. The van der Waals surface area contributed by atoms with Crippen LogP contribution in [-0.4, -0.2) is 0 Å². The average Bonchev–Trinajstić information content (AvgIpc) is 2.61. The second-order valence-electron chi connectivity index (χ2n) is 5.23. The summed E-state index contributed by atoms with van der Waals surface area (Å²) in [5.74, 6) is -0.215. The van der Waals surface area contributed by atoms with E-state index in [4.69, 9.17) is 0 Å². The average molecular weight is 300 g/mol. The molecule has 112 valence electrons. The normalized spacial score (nSPS) is 11.3. The van der Waals surface area contributed by atoms with E-state index in [1.54, 1.807) is 6.07 Å². The molecule has 0 saturated heterocycles. The molecule has 0 atom stereocenters. The highest BCUT2D eigenvalue weighted by molar-refractivity contribution is 5.79. The summed E-state index contributed by atoms with van der Waals surface area (Å²) < 4.78 is 14.2. The topological polar surface area (TPSA) is 0 Å². The number of rotatable bonds is 4. The van der Waals surface area contributed by atoms with Gasteiger partial charge in [0.15, 0.2) is 0 Å². The van der Waals surface area contributed by atoms with E-state index >= 15 is 0 Å². The molecule has 0 N–H and O–H groups in total. The second-order valence-corrected chi connectivity index (χ2v) is 5.23. The van der Waals surface area contributed by atoms with Crippen LogP contribution in [0.4, 0.5) is 4.39 Å². The lowest BCUT2D eigenvalue weighted by atomic mass is 10.0. The van der Waals surface area contributed by atoms with E-state index in [9.17, 15) is 4.39 Å². The summed E-state index contributed by atoms with van der Waals surface area (Å²) in [6.45, 7) is 0. The fraction of sp³-hybridized carbons (Fsp3) is 0. The van der Waals surface area contributed by atoms with Crippen molar-refractivity contribution >= 4 is 24.3 Å². The fourth-order valence-corrected chi connectivity index (χ4v) is 2.37. The van der Waals surface area contributed by atoms with Crippen LogP contribution in [0.1, 0.15) is 22.3 Å². The Morgan fingerprint density at radius 1 is 0.522 bits per heavy atom. The van der Waals surface area contributed by atoms with Crippen LogP contribution in [0.5, 0.6) is 0 Å². The molecule has 3 aromatic carbocycles. The Kier molecular flexibility index (Phi) is 4.80. The third-order valence-electron chi connectivity index (χ3n) is 3.58. The molecule has 0 nitrogen and oxygen atoms in total. The van der Waals surface area contributed by atoms with Crippen LogP contribution in [-0.2, 0) is 0 Å². The summed E-state index contributed by atoms with van der Waals surface area (Å²) >= 11 is 0. The lowest BCUT2D eigenvalue weighted by molar-refractivity contribution is 0.625. The van der Waals surface area contributed by atoms with E-state index < -0.39 is 0 Å². The molecule has 0 aliphatic rings. The molecule has 3 rings (SSSR count). The van der Waals surface area contributed by atoms with Crippen molar-refractivity contribution in [3.63, 3.8) is 0 Å². The van der Waals surface area contributed by atoms with Gasteiger partial charge in [-0.1, -0.05) is 97.1 Å². The van der Waals surface area contributed by atoms with Crippen LogP contribution >= 0.6 is 0 Å². The van der Waals surface area contributed by atoms with Gasteiger partial charge in [0.1, 0.15) is 5.82 Å². The van der Waals surface area contributed by atoms with Crippen molar-refractivity contribution in [2.75, 3.05) is 0 Å². The Hall–Kier alpha value is -2.93. The monoisotopic (exact) mass is 300 g/mol.